The molecule has 0 aromatic carbocycles. The number of nitrogens with zero attached hydrogens (tertiary/aromatic N) is 4. The molecule has 0 saturated carbocycles. The van der Waals surface area contributed by atoms with Crippen LogP contribution in [-0.4, -0.2) is 64.3 Å². The second-order valence-corrected chi connectivity index (χ2v) is 9.01. The number of ether oxygens (including phenoxy) is 1. The average molecular weight is 403 g/mol. The zero-order chi connectivity index (χ0) is 19.4. The van der Waals surface area contributed by atoms with Gasteiger partial charge in [-0.1, -0.05) is 6.07 Å². The van der Waals surface area contributed by atoms with E-state index in [4.69, 9.17) is 9.72 Å². The first-order valence-electron chi connectivity index (χ1n) is 10.2. The molecule has 2 aromatic rings. The highest BCUT2D eigenvalue weighted by Gasteiger charge is 2.38. The number of piperidine rings is 1. The number of thiazole rings is 1. The summed E-state index contributed by atoms with van der Waals surface area (Å²) in [5, 5.41) is 14.3. The largest absolute Gasteiger partial charge is 0.383 e. The van der Waals surface area contributed by atoms with Gasteiger partial charge in [-0.2, -0.15) is 0 Å². The molecule has 1 N–H and O–H groups in total. The number of hydrogen-bond donors (Lipinski definition) is 1. The highest BCUT2D eigenvalue weighted by atomic mass is 32.1. The quantitative estimate of drug-likeness (QED) is 0.802. The van der Waals surface area contributed by atoms with Gasteiger partial charge in [0.15, 0.2) is 0 Å². The molecule has 2 aliphatic heterocycles. The molecule has 4 rings (SSSR count). The second kappa shape index (κ2) is 8.97. The van der Waals surface area contributed by atoms with Crippen molar-refractivity contribution in [2.75, 3.05) is 33.4 Å². The molecule has 28 heavy (non-hydrogen) atoms. The van der Waals surface area contributed by atoms with Gasteiger partial charge < -0.3 is 9.84 Å². The van der Waals surface area contributed by atoms with E-state index in [1.165, 1.54) is 5.56 Å². The van der Waals surface area contributed by atoms with Crippen LogP contribution in [0.25, 0.3) is 0 Å². The Morgan fingerprint density at radius 2 is 2.07 bits per heavy atom. The standard InChI is InChI=1S/C21H30N4O2S/c1-24(14-17-3-2-8-22-13-17)15-20-23-19(16-28-20)21(26)6-9-25(10-7-21)18-4-11-27-12-5-18/h2-3,8,13,16,18,26H,4-7,9-12,14-15H2,1H3. The van der Waals surface area contributed by atoms with Crippen LogP contribution in [-0.2, 0) is 23.4 Å². The summed E-state index contributed by atoms with van der Waals surface area (Å²) in [4.78, 5) is 13.7. The highest BCUT2D eigenvalue weighted by Crippen LogP contribution is 2.35. The topological polar surface area (TPSA) is 61.7 Å². The third-order valence-electron chi connectivity index (χ3n) is 5.94. The maximum atomic E-state index is 11.2. The Labute approximate surface area is 171 Å². The molecule has 0 amide bonds. The van der Waals surface area contributed by atoms with Crippen molar-refractivity contribution in [1.29, 1.82) is 0 Å². The summed E-state index contributed by atoms with van der Waals surface area (Å²) in [5.41, 5.74) is 1.27. The predicted molar refractivity (Wildman–Crippen MR) is 110 cm³/mol. The Bertz CT molecular complexity index is 740. The Balaban J connectivity index is 1.32. The van der Waals surface area contributed by atoms with Crippen LogP contribution in [0.15, 0.2) is 29.9 Å². The van der Waals surface area contributed by atoms with E-state index >= 15 is 0 Å². The first kappa shape index (κ1) is 19.9. The van der Waals surface area contributed by atoms with Gasteiger partial charge in [-0.25, -0.2) is 4.98 Å². The van der Waals surface area contributed by atoms with E-state index in [1.54, 1.807) is 17.5 Å². The van der Waals surface area contributed by atoms with Crippen LogP contribution in [0, 0.1) is 0 Å². The molecule has 2 fully saturated rings. The van der Waals surface area contributed by atoms with Gasteiger partial charge in [0.2, 0.25) is 0 Å². The molecule has 2 aromatic heterocycles. The van der Waals surface area contributed by atoms with Crippen molar-refractivity contribution >= 4 is 11.3 Å². The van der Waals surface area contributed by atoms with Crippen LogP contribution >= 0.6 is 11.3 Å². The third-order valence-corrected chi connectivity index (χ3v) is 6.77. The average Bonchev–Trinajstić information content (AvgIpc) is 3.19. The Hall–Kier alpha value is -1.38. The van der Waals surface area contributed by atoms with Crippen LogP contribution in [0.4, 0.5) is 0 Å². The summed E-state index contributed by atoms with van der Waals surface area (Å²) in [6, 6.07) is 4.67. The van der Waals surface area contributed by atoms with E-state index < -0.39 is 5.60 Å². The first-order valence-corrected chi connectivity index (χ1v) is 11.1. The van der Waals surface area contributed by atoms with Gasteiger partial charge in [0.1, 0.15) is 10.6 Å². The molecule has 0 atom stereocenters. The number of pyridine rings is 1. The molecule has 152 valence electrons. The zero-order valence-corrected chi connectivity index (χ0v) is 17.4. The van der Waals surface area contributed by atoms with Gasteiger partial charge in [0.25, 0.3) is 0 Å². The molecule has 2 aliphatic rings. The molecular weight excluding hydrogens is 372 g/mol. The van der Waals surface area contributed by atoms with E-state index in [1.807, 2.05) is 12.3 Å². The molecule has 0 spiro atoms. The van der Waals surface area contributed by atoms with Crippen LogP contribution in [0.3, 0.4) is 0 Å². The minimum atomic E-state index is -0.779. The van der Waals surface area contributed by atoms with Crippen molar-refractivity contribution in [2.45, 2.75) is 50.4 Å². The molecule has 2 saturated heterocycles. The van der Waals surface area contributed by atoms with E-state index in [2.05, 4.69) is 33.3 Å². The summed E-state index contributed by atoms with van der Waals surface area (Å²) < 4.78 is 5.48. The van der Waals surface area contributed by atoms with Crippen molar-refractivity contribution in [2.24, 2.45) is 0 Å². The molecule has 6 nitrogen and oxygen atoms in total. The number of aromatic nitrogens is 2. The number of rotatable bonds is 6. The van der Waals surface area contributed by atoms with Crippen LogP contribution < -0.4 is 0 Å². The fraction of sp³-hybridized carbons (Fsp3) is 0.619. The fourth-order valence-corrected chi connectivity index (χ4v) is 5.22. The van der Waals surface area contributed by atoms with Gasteiger partial charge in [0, 0.05) is 56.7 Å². The minimum Gasteiger partial charge on any atom is -0.383 e. The van der Waals surface area contributed by atoms with Crippen molar-refractivity contribution in [1.82, 2.24) is 19.8 Å². The number of aliphatic hydroxyl groups is 1. The summed E-state index contributed by atoms with van der Waals surface area (Å²) in [6.45, 7) is 5.24. The van der Waals surface area contributed by atoms with Crippen molar-refractivity contribution < 1.29 is 9.84 Å². The van der Waals surface area contributed by atoms with E-state index in [9.17, 15) is 5.11 Å². The first-order chi connectivity index (χ1) is 13.6. The van der Waals surface area contributed by atoms with Crippen molar-refractivity contribution in [3.8, 4) is 0 Å². The Morgan fingerprint density at radius 3 is 2.79 bits per heavy atom. The minimum absolute atomic E-state index is 0.616. The lowest BCUT2D eigenvalue weighted by atomic mass is 9.87. The third kappa shape index (κ3) is 4.78. The number of likely N-dealkylation sites (tertiary alicyclic amines) is 1. The smallest absolute Gasteiger partial charge is 0.110 e. The molecule has 7 heteroatoms. The Kier molecular flexibility index (Phi) is 6.38. The highest BCUT2D eigenvalue weighted by molar-refractivity contribution is 7.09. The van der Waals surface area contributed by atoms with E-state index in [0.29, 0.717) is 6.04 Å². The number of hydrogen-bond acceptors (Lipinski definition) is 7. The van der Waals surface area contributed by atoms with E-state index in [-0.39, 0.29) is 0 Å². The molecule has 0 bridgehead atoms. The molecule has 4 heterocycles. The summed E-state index contributed by atoms with van der Waals surface area (Å²) in [5.74, 6) is 0. The molecule has 0 unspecified atom stereocenters. The van der Waals surface area contributed by atoms with Gasteiger partial charge in [-0.15, -0.1) is 11.3 Å². The van der Waals surface area contributed by atoms with Gasteiger partial charge in [0.05, 0.1) is 12.2 Å². The van der Waals surface area contributed by atoms with Gasteiger partial charge >= 0.3 is 0 Å². The van der Waals surface area contributed by atoms with Crippen LogP contribution in [0.2, 0.25) is 0 Å². The molecular formula is C21H30N4O2S. The van der Waals surface area contributed by atoms with E-state index in [0.717, 1.165) is 75.8 Å². The molecule has 0 radical (unpaired) electrons. The van der Waals surface area contributed by atoms with Gasteiger partial charge in [-0.05, 0) is 44.4 Å². The summed E-state index contributed by atoms with van der Waals surface area (Å²) in [7, 11) is 2.09. The van der Waals surface area contributed by atoms with Gasteiger partial charge in [-0.3, -0.25) is 14.8 Å². The summed E-state index contributed by atoms with van der Waals surface area (Å²) >= 11 is 1.65. The summed E-state index contributed by atoms with van der Waals surface area (Å²) in [6.07, 6.45) is 7.45. The Morgan fingerprint density at radius 1 is 1.29 bits per heavy atom. The predicted octanol–water partition coefficient (Wildman–Crippen LogP) is 2.63. The maximum Gasteiger partial charge on any atom is 0.110 e. The SMILES string of the molecule is CN(Cc1cccnc1)Cc1nc(C2(O)CCN(C3CCOCC3)CC2)cs1. The van der Waals surface area contributed by atoms with Crippen LogP contribution in [0.1, 0.15) is 41.9 Å². The zero-order valence-electron chi connectivity index (χ0n) is 16.6. The maximum absolute atomic E-state index is 11.2. The lowest BCUT2D eigenvalue weighted by Gasteiger charge is -2.42. The van der Waals surface area contributed by atoms with Crippen molar-refractivity contribution in [3.05, 3.63) is 46.2 Å². The molecule has 0 aliphatic carbocycles. The van der Waals surface area contributed by atoms with Crippen molar-refractivity contribution in [3.63, 3.8) is 0 Å². The monoisotopic (exact) mass is 402 g/mol. The fourth-order valence-electron chi connectivity index (χ4n) is 4.25. The second-order valence-electron chi connectivity index (χ2n) is 8.07. The van der Waals surface area contributed by atoms with Crippen LogP contribution in [0.5, 0.6) is 0 Å². The lowest BCUT2D eigenvalue weighted by Crippen LogP contribution is -2.48. The normalized spacial score (nSPS) is 21.2. The lowest BCUT2D eigenvalue weighted by molar-refractivity contribution is -0.0525.